The molecule has 0 aliphatic carbocycles. The van der Waals surface area contributed by atoms with Crippen LogP contribution in [-0.2, 0) is 20.2 Å². The summed E-state index contributed by atoms with van der Waals surface area (Å²) in [6.07, 6.45) is 0.432. The van der Waals surface area contributed by atoms with Gasteiger partial charge in [-0.3, -0.25) is 4.79 Å². The molecule has 1 N–H and O–H groups in total. The van der Waals surface area contributed by atoms with Crippen LogP contribution in [0.5, 0.6) is 0 Å². The van der Waals surface area contributed by atoms with Crippen molar-refractivity contribution < 1.29 is 18.3 Å². The Morgan fingerprint density at radius 3 is 2.89 bits per heavy atom. The third-order valence-electron chi connectivity index (χ3n) is 2.76. The molecule has 0 radical (unpaired) electrons. The minimum atomic E-state index is -3.07. The third kappa shape index (κ3) is 2.64. The number of carboxylic acid groups (broad SMARTS) is 1. The Morgan fingerprint density at radius 2 is 2.33 bits per heavy atom. The maximum absolute atomic E-state index is 11.5. The van der Waals surface area contributed by atoms with Crippen LogP contribution in [0.3, 0.4) is 0 Å². The lowest BCUT2D eigenvalue weighted by atomic mass is 10.0. The normalized spacial score (nSPS) is 26.3. The van der Waals surface area contributed by atoms with Gasteiger partial charge in [-0.25, -0.2) is 13.1 Å². The standard InChI is InChI=1S/C8H12N4O4S2/c1-8(2-3-18(15,16)5-8)12-7(9-10-11-12)17-4-6(13)14/h2-5H2,1H3,(H,13,14). The van der Waals surface area contributed by atoms with Gasteiger partial charge in [-0.2, -0.15) is 0 Å². The number of rotatable bonds is 4. The number of hydrogen-bond acceptors (Lipinski definition) is 7. The summed E-state index contributed by atoms with van der Waals surface area (Å²) in [4.78, 5) is 10.5. The summed E-state index contributed by atoms with van der Waals surface area (Å²) < 4.78 is 24.5. The number of tetrazole rings is 1. The van der Waals surface area contributed by atoms with Crippen LogP contribution >= 0.6 is 11.8 Å². The van der Waals surface area contributed by atoms with E-state index in [1.165, 1.54) is 4.68 Å². The molecule has 0 saturated carbocycles. The summed E-state index contributed by atoms with van der Waals surface area (Å²) >= 11 is 0.980. The topological polar surface area (TPSA) is 115 Å². The first kappa shape index (κ1) is 13.3. The van der Waals surface area contributed by atoms with Crippen LogP contribution in [0.2, 0.25) is 0 Å². The number of thioether (sulfide) groups is 1. The maximum atomic E-state index is 11.5. The summed E-state index contributed by atoms with van der Waals surface area (Å²) in [6.45, 7) is 1.76. The van der Waals surface area contributed by atoms with Gasteiger partial charge < -0.3 is 5.11 Å². The second-order valence-electron chi connectivity index (χ2n) is 4.39. The van der Waals surface area contributed by atoms with E-state index in [-0.39, 0.29) is 17.3 Å². The molecule has 1 fully saturated rings. The largest absolute Gasteiger partial charge is 0.481 e. The number of nitrogens with zero attached hydrogens (tertiary/aromatic N) is 4. The highest BCUT2D eigenvalue weighted by Crippen LogP contribution is 2.32. The van der Waals surface area contributed by atoms with E-state index in [9.17, 15) is 13.2 Å². The summed E-state index contributed by atoms with van der Waals surface area (Å²) in [6, 6.07) is 0. The lowest BCUT2D eigenvalue weighted by Gasteiger charge is -2.22. The van der Waals surface area contributed by atoms with Crippen LogP contribution in [0.15, 0.2) is 5.16 Å². The van der Waals surface area contributed by atoms with E-state index < -0.39 is 21.3 Å². The van der Waals surface area contributed by atoms with Gasteiger partial charge in [0, 0.05) is 0 Å². The molecule has 10 heteroatoms. The number of aromatic nitrogens is 4. The molecule has 0 amide bonds. The van der Waals surface area contributed by atoms with Crippen molar-refractivity contribution >= 4 is 27.6 Å². The number of hydrogen-bond donors (Lipinski definition) is 1. The monoisotopic (exact) mass is 292 g/mol. The van der Waals surface area contributed by atoms with E-state index in [1.807, 2.05) is 0 Å². The fourth-order valence-corrected chi connectivity index (χ4v) is 4.73. The first-order valence-electron chi connectivity index (χ1n) is 5.16. The zero-order valence-electron chi connectivity index (χ0n) is 9.61. The van der Waals surface area contributed by atoms with Gasteiger partial charge in [0.1, 0.15) is 0 Å². The van der Waals surface area contributed by atoms with Gasteiger partial charge in [-0.1, -0.05) is 11.8 Å². The Balaban J connectivity index is 2.24. The summed E-state index contributed by atoms with van der Waals surface area (Å²) in [7, 11) is -3.07. The second kappa shape index (κ2) is 4.50. The van der Waals surface area contributed by atoms with Gasteiger partial charge in [0.15, 0.2) is 9.84 Å². The first-order chi connectivity index (χ1) is 8.32. The van der Waals surface area contributed by atoms with Gasteiger partial charge >= 0.3 is 5.97 Å². The van der Waals surface area contributed by atoms with Crippen molar-refractivity contribution in [2.75, 3.05) is 17.3 Å². The van der Waals surface area contributed by atoms with E-state index in [2.05, 4.69) is 15.5 Å². The van der Waals surface area contributed by atoms with Gasteiger partial charge in [-0.05, 0) is 23.8 Å². The zero-order valence-corrected chi connectivity index (χ0v) is 11.2. The van der Waals surface area contributed by atoms with Gasteiger partial charge in [0.05, 0.1) is 22.8 Å². The maximum Gasteiger partial charge on any atom is 0.313 e. The van der Waals surface area contributed by atoms with E-state index in [0.29, 0.717) is 11.6 Å². The van der Waals surface area contributed by atoms with Crippen molar-refractivity contribution in [1.82, 2.24) is 20.2 Å². The molecular weight excluding hydrogens is 280 g/mol. The Kier molecular flexibility index (Phi) is 3.32. The van der Waals surface area contributed by atoms with Crippen molar-refractivity contribution in [2.24, 2.45) is 0 Å². The zero-order chi connectivity index (χ0) is 13.4. The molecule has 1 aromatic rings. The predicted octanol–water partition coefficient (Wildman–Crippen LogP) is -0.616. The second-order valence-corrected chi connectivity index (χ2v) is 7.52. The number of sulfone groups is 1. The summed E-state index contributed by atoms with van der Waals surface area (Å²) in [5, 5.41) is 20.0. The molecule has 0 bridgehead atoms. The molecule has 0 aromatic carbocycles. The minimum absolute atomic E-state index is 0.0222. The van der Waals surface area contributed by atoms with Crippen LogP contribution < -0.4 is 0 Å². The molecule has 1 unspecified atom stereocenters. The lowest BCUT2D eigenvalue weighted by Crippen LogP contribution is -2.33. The molecule has 1 aromatic heterocycles. The van der Waals surface area contributed by atoms with E-state index in [4.69, 9.17) is 5.11 Å². The van der Waals surface area contributed by atoms with Gasteiger partial charge in [0.25, 0.3) is 0 Å². The lowest BCUT2D eigenvalue weighted by molar-refractivity contribution is -0.133. The molecule has 18 heavy (non-hydrogen) atoms. The number of aliphatic carboxylic acids is 1. The van der Waals surface area contributed by atoms with E-state index in [0.717, 1.165) is 11.8 Å². The first-order valence-corrected chi connectivity index (χ1v) is 7.97. The summed E-state index contributed by atoms with van der Waals surface area (Å²) in [5.74, 6) is -1.06. The van der Waals surface area contributed by atoms with Crippen LogP contribution in [0.4, 0.5) is 0 Å². The van der Waals surface area contributed by atoms with E-state index >= 15 is 0 Å². The molecule has 1 aliphatic rings. The molecule has 1 saturated heterocycles. The Morgan fingerprint density at radius 1 is 1.61 bits per heavy atom. The molecule has 2 rings (SSSR count). The van der Waals surface area contributed by atoms with E-state index in [1.54, 1.807) is 6.92 Å². The average Bonchev–Trinajstić information content (AvgIpc) is 2.81. The molecular formula is C8H12N4O4S2. The van der Waals surface area contributed by atoms with Crippen molar-refractivity contribution in [1.29, 1.82) is 0 Å². The van der Waals surface area contributed by atoms with Gasteiger partial charge in [-0.15, -0.1) is 5.10 Å². The van der Waals surface area contributed by atoms with Gasteiger partial charge in [0.2, 0.25) is 5.16 Å². The van der Waals surface area contributed by atoms with Crippen molar-refractivity contribution in [2.45, 2.75) is 24.0 Å². The third-order valence-corrected chi connectivity index (χ3v) is 5.55. The van der Waals surface area contributed by atoms with Crippen LogP contribution in [0.1, 0.15) is 13.3 Å². The van der Waals surface area contributed by atoms with Crippen molar-refractivity contribution in [3.8, 4) is 0 Å². The molecule has 1 atom stereocenters. The highest BCUT2D eigenvalue weighted by atomic mass is 32.2. The fourth-order valence-electron chi connectivity index (χ4n) is 1.89. The van der Waals surface area contributed by atoms with Crippen molar-refractivity contribution in [3.63, 3.8) is 0 Å². The quantitative estimate of drug-likeness (QED) is 0.730. The smallest absolute Gasteiger partial charge is 0.313 e. The molecule has 8 nitrogen and oxygen atoms in total. The van der Waals surface area contributed by atoms with Crippen molar-refractivity contribution in [3.05, 3.63) is 0 Å². The van der Waals surface area contributed by atoms with Crippen LogP contribution in [0.25, 0.3) is 0 Å². The number of carbonyl (C=O) groups is 1. The number of carboxylic acids is 1. The summed E-state index contributed by atoms with van der Waals surface area (Å²) in [5.41, 5.74) is -0.691. The Bertz CT molecular complexity index is 569. The average molecular weight is 292 g/mol. The Labute approximate surface area is 108 Å². The molecule has 100 valence electrons. The SMILES string of the molecule is CC1(n2nnnc2SCC(=O)O)CCS(=O)(=O)C1. The highest BCUT2D eigenvalue weighted by Gasteiger charge is 2.42. The minimum Gasteiger partial charge on any atom is -0.481 e. The Hall–Kier alpha value is -1.16. The highest BCUT2D eigenvalue weighted by molar-refractivity contribution is 7.99. The molecule has 2 heterocycles. The van der Waals surface area contributed by atoms with Crippen LogP contribution in [0, 0.1) is 0 Å². The fraction of sp³-hybridized carbons (Fsp3) is 0.750. The van der Waals surface area contributed by atoms with Crippen LogP contribution in [-0.4, -0.2) is 57.0 Å². The molecule has 1 aliphatic heterocycles. The molecule has 0 spiro atoms. The predicted molar refractivity (Wildman–Crippen MR) is 63.1 cm³/mol.